The molecule has 15 heavy (non-hydrogen) atoms. The van der Waals surface area contributed by atoms with Gasteiger partial charge in [-0.05, 0) is 32.2 Å². The summed E-state index contributed by atoms with van der Waals surface area (Å²) < 4.78 is 0. The summed E-state index contributed by atoms with van der Waals surface area (Å²) in [6, 6.07) is 4.07. The fraction of sp³-hybridized carbons (Fsp3) is 0.545. The topological polar surface area (TPSA) is 49.3 Å². The van der Waals surface area contributed by atoms with E-state index < -0.39 is 5.60 Å². The van der Waals surface area contributed by atoms with Crippen LogP contribution in [0.2, 0.25) is 0 Å². The zero-order valence-electron chi connectivity index (χ0n) is 9.28. The van der Waals surface area contributed by atoms with Gasteiger partial charge in [0, 0.05) is 17.3 Å². The zero-order chi connectivity index (χ0) is 11.5. The number of carbonyl (C=O) groups is 1. The maximum absolute atomic E-state index is 11.4. The first-order chi connectivity index (χ1) is 6.89. The van der Waals surface area contributed by atoms with Gasteiger partial charge in [-0.1, -0.05) is 6.07 Å². The van der Waals surface area contributed by atoms with Crippen molar-refractivity contribution in [2.24, 2.45) is 0 Å². The van der Waals surface area contributed by atoms with Crippen molar-refractivity contribution in [3.05, 3.63) is 22.4 Å². The van der Waals surface area contributed by atoms with Crippen molar-refractivity contribution in [2.45, 2.75) is 38.8 Å². The molecule has 1 heterocycles. The van der Waals surface area contributed by atoms with Crippen molar-refractivity contribution in [1.82, 2.24) is 5.32 Å². The molecule has 0 bridgehead atoms. The normalized spacial score (nSPS) is 13.6. The van der Waals surface area contributed by atoms with E-state index in [1.165, 1.54) is 18.7 Å². The smallest absolute Gasteiger partial charge is 0.251 e. The van der Waals surface area contributed by atoms with Crippen LogP contribution < -0.4 is 5.32 Å². The van der Waals surface area contributed by atoms with Gasteiger partial charge in [0.15, 0.2) is 0 Å². The number of thiophene rings is 1. The number of rotatable bonds is 4. The summed E-state index contributed by atoms with van der Waals surface area (Å²) in [5, 5.41) is 14.2. The lowest BCUT2D eigenvalue weighted by atomic mass is 10.1. The van der Waals surface area contributed by atoms with Gasteiger partial charge in [-0.3, -0.25) is 4.79 Å². The second-order valence-corrected chi connectivity index (χ2v) is 5.25. The highest BCUT2D eigenvalue weighted by atomic mass is 32.1. The number of aliphatic hydroxyl groups is 1. The van der Waals surface area contributed by atoms with Crippen molar-refractivity contribution >= 4 is 17.2 Å². The van der Waals surface area contributed by atoms with Crippen molar-refractivity contribution in [3.8, 4) is 0 Å². The monoisotopic (exact) mass is 227 g/mol. The molecule has 0 aliphatic rings. The molecule has 0 aliphatic heterocycles. The first kappa shape index (κ1) is 12.2. The Balaban J connectivity index is 2.43. The van der Waals surface area contributed by atoms with Gasteiger partial charge >= 0.3 is 0 Å². The summed E-state index contributed by atoms with van der Waals surface area (Å²) in [6.45, 7) is 4.91. The minimum atomic E-state index is -1.30. The summed E-state index contributed by atoms with van der Waals surface area (Å²) in [4.78, 5) is 12.7. The number of carbonyl (C=O) groups excluding carboxylic acids is 1. The molecule has 1 atom stereocenters. The van der Waals surface area contributed by atoms with E-state index in [1.54, 1.807) is 11.3 Å². The molecule has 1 rings (SSSR count). The fourth-order valence-corrected chi connectivity index (χ4v) is 2.02. The SMILES string of the molecule is CC(Cc1cccs1)NC(=O)C(C)(C)O. The molecule has 84 valence electrons. The minimum Gasteiger partial charge on any atom is -0.381 e. The molecular formula is C11H17NO2S. The van der Waals surface area contributed by atoms with E-state index in [0.717, 1.165) is 6.42 Å². The first-order valence-electron chi connectivity index (χ1n) is 4.95. The summed E-state index contributed by atoms with van der Waals surface area (Å²) >= 11 is 1.67. The van der Waals surface area contributed by atoms with Gasteiger partial charge in [0.25, 0.3) is 5.91 Å². The molecule has 1 aromatic heterocycles. The second kappa shape index (κ2) is 4.77. The number of nitrogens with one attached hydrogen (secondary N) is 1. The van der Waals surface area contributed by atoms with E-state index in [-0.39, 0.29) is 11.9 Å². The van der Waals surface area contributed by atoms with Gasteiger partial charge in [-0.15, -0.1) is 11.3 Å². The van der Waals surface area contributed by atoms with Gasteiger partial charge in [0.1, 0.15) is 5.60 Å². The molecule has 0 saturated heterocycles. The molecule has 3 nitrogen and oxygen atoms in total. The van der Waals surface area contributed by atoms with Gasteiger partial charge in [0.05, 0.1) is 0 Å². The molecular weight excluding hydrogens is 210 g/mol. The molecule has 0 radical (unpaired) electrons. The summed E-state index contributed by atoms with van der Waals surface area (Å²) in [6.07, 6.45) is 0.805. The average molecular weight is 227 g/mol. The summed E-state index contributed by atoms with van der Waals surface area (Å²) in [5.41, 5.74) is -1.30. The lowest BCUT2D eigenvalue weighted by molar-refractivity contribution is -0.137. The third-order valence-electron chi connectivity index (χ3n) is 2.02. The van der Waals surface area contributed by atoms with E-state index in [9.17, 15) is 9.90 Å². The van der Waals surface area contributed by atoms with E-state index in [1.807, 2.05) is 24.4 Å². The van der Waals surface area contributed by atoms with Gasteiger partial charge in [0.2, 0.25) is 0 Å². The molecule has 0 spiro atoms. The Hall–Kier alpha value is -0.870. The largest absolute Gasteiger partial charge is 0.381 e. The lowest BCUT2D eigenvalue weighted by Gasteiger charge is -2.20. The Kier molecular flexibility index (Phi) is 3.88. The van der Waals surface area contributed by atoms with E-state index in [4.69, 9.17) is 0 Å². The van der Waals surface area contributed by atoms with Crippen LogP contribution in [-0.2, 0) is 11.2 Å². The van der Waals surface area contributed by atoms with Crippen LogP contribution in [0.25, 0.3) is 0 Å². The highest BCUT2D eigenvalue weighted by Gasteiger charge is 2.24. The van der Waals surface area contributed by atoms with Crippen molar-refractivity contribution in [2.75, 3.05) is 0 Å². The molecule has 0 saturated carbocycles. The molecule has 0 fully saturated rings. The number of hydrogen-bond acceptors (Lipinski definition) is 3. The Morgan fingerprint density at radius 1 is 1.67 bits per heavy atom. The summed E-state index contributed by atoms with van der Waals surface area (Å²) in [5.74, 6) is -0.327. The van der Waals surface area contributed by atoms with Crippen molar-refractivity contribution in [3.63, 3.8) is 0 Å². The van der Waals surface area contributed by atoms with Crippen LogP contribution in [0.4, 0.5) is 0 Å². The maximum atomic E-state index is 11.4. The predicted octanol–water partition coefficient (Wildman–Crippen LogP) is 1.57. The molecule has 1 unspecified atom stereocenters. The lowest BCUT2D eigenvalue weighted by Crippen LogP contribution is -2.46. The molecule has 2 N–H and O–H groups in total. The molecule has 1 aromatic rings. The third-order valence-corrected chi connectivity index (χ3v) is 2.92. The minimum absolute atomic E-state index is 0.0441. The highest BCUT2D eigenvalue weighted by Crippen LogP contribution is 2.11. The Morgan fingerprint density at radius 2 is 2.33 bits per heavy atom. The van der Waals surface area contributed by atoms with Crippen LogP contribution in [0.15, 0.2) is 17.5 Å². The van der Waals surface area contributed by atoms with E-state index >= 15 is 0 Å². The quantitative estimate of drug-likeness (QED) is 0.820. The van der Waals surface area contributed by atoms with Crippen LogP contribution >= 0.6 is 11.3 Å². The Bertz CT molecular complexity index is 314. The molecule has 1 amide bonds. The van der Waals surface area contributed by atoms with E-state index in [0.29, 0.717) is 0 Å². The fourth-order valence-electron chi connectivity index (χ4n) is 1.18. The third kappa shape index (κ3) is 4.01. The van der Waals surface area contributed by atoms with Crippen LogP contribution in [0, 0.1) is 0 Å². The van der Waals surface area contributed by atoms with Gasteiger partial charge in [-0.2, -0.15) is 0 Å². The Labute approximate surface area is 94.1 Å². The van der Waals surface area contributed by atoms with Crippen LogP contribution in [-0.4, -0.2) is 22.7 Å². The first-order valence-corrected chi connectivity index (χ1v) is 5.83. The van der Waals surface area contributed by atoms with E-state index in [2.05, 4.69) is 5.32 Å². The van der Waals surface area contributed by atoms with Crippen molar-refractivity contribution in [1.29, 1.82) is 0 Å². The average Bonchev–Trinajstić information content (AvgIpc) is 2.54. The standard InChI is InChI=1S/C11H17NO2S/c1-8(7-9-5-4-6-15-9)12-10(13)11(2,3)14/h4-6,8,14H,7H2,1-3H3,(H,12,13). The number of hydrogen-bond donors (Lipinski definition) is 2. The predicted molar refractivity (Wildman–Crippen MR) is 61.9 cm³/mol. The Morgan fingerprint density at radius 3 is 2.80 bits per heavy atom. The van der Waals surface area contributed by atoms with Crippen LogP contribution in [0.5, 0.6) is 0 Å². The van der Waals surface area contributed by atoms with Crippen molar-refractivity contribution < 1.29 is 9.90 Å². The zero-order valence-corrected chi connectivity index (χ0v) is 10.1. The van der Waals surface area contributed by atoms with Crippen LogP contribution in [0.3, 0.4) is 0 Å². The van der Waals surface area contributed by atoms with Gasteiger partial charge in [-0.25, -0.2) is 0 Å². The van der Waals surface area contributed by atoms with Crippen LogP contribution in [0.1, 0.15) is 25.6 Å². The molecule has 0 aromatic carbocycles. The second-order valence-electron chi connectivity index (χ2n) is 4.22. The molecule has 4 heteroatoms. The maximum Gasteiger partial charge on any atom is 0.251 e. The van der Waals surface area contributed by atoms with Gasteiger partial charge < -0.3 is 10.4 Å². The molecule has 0 aliphatic carbocycles. The number of amides is 1. The highest BCUT2D eigenvalue weighted by molar-refractivity contribution is 7.09. The summed E-state index contributed by atoms with van der Waals surface area (Å²) in [7, 11) is 0.